The van der Waals surface area contributed by atoms with E-state index in [0.29, 0.717) is 15.6 Å². The average Bonchev–Trinajstić information content (AvgIpc) is 3.30. The van der Waals surface area contributed by atoms with Gasteiger partial charge in [-0.05, 0) is 54.6 Å². The highest BCUT2D eigenvalue weighted by Crippen LogP contribution is 2.36. The Hall–Kier alpha value is -4.22. The summed E-state index contributed by atoms with van der Waals surface area (Å²) < 4.78 is 34.5. The van der Waals surface area contributed by atoms with Crippen LogP contribution in [-0.2, 0) is 10.0 Å². The van der Waals surface area contributed by atoms with Crippen molar-refractivity contribution in [2.45, 2.75) is 4.90 Å². The lowest BCUT2D eigenvalue weighted by Crippen LogP contribution is -2.21. The lowest BCUT2D eigenvalue weighted by Gasteiger charge is -2.12. The molecule has 0 atom stereocenters. The third-order valence-corrected chi connectivity index (χ3v) is 9.04. The Labute approximate surface area is 249 Å². The van der Waals surface area contributed by atoms with Gasteiger partial charge in [-0.25, -0.2) is 18.6 Å². The van der Waals surface area contributed by atoms with Gasteiger partial charge in [0.25, 0.3) is 15.9 Å². The van der Waals surface area contributed by atoms with E-state index in [9.17, 15) is 18.0 Å². The Morgan fingerprint density at radius 2 is 1.54 bits per heavy atom. The van der Waals surface area contributed by atoms with Crippen LogP contribution in [0.1, 0.15) is 25.6 Å². The Morgan fingerprint density at radius 3 is 2.32 bits per heavy atom. The second-order valence-corrected chi connectivity index (χ2v) is 12.0. The number of nitrogens with zero attached hydrogens (tertiary/aromatic N) is 1. The molecule has 0 unspecified atom stereocenters. The van der Waals surface area contributed by atoms with Gasteiger partial charge in [0, 0.05) is 20.7 Å². The van der Waals surface area contributed by atoms with Crippen LogP contribution in [0.2, 0.25) is 10.0 Å². The molecule has 1 aromatic heterocycles. The summed E-state index contributed by atoms with van der Waals surface area (Å²) in [6.45, 7) is 0. The first-order valence-electron chi connectivity index (χ1n) is 11.9. The number of carbonyl (C=O) groups is 2. The number of benzene rings is 4. The molecule has 0 saturated heterocycles. The molecular weight excluding hydrogens is 605 g/mol. The summed E-state index contributed by atoms with van der Waals surface area (Å²) >= 11 is 13.5. The number of hydrazone groups is 1. The first-order valence-corrected chi connectivity index (χ1v) is 15.0. The van der Waals surface area contributed by atoms with Crippen molar-refractivity contribution in [3.63, 3.8) is 0 Å². The third-order valence-electron chi connectivity index (χ3n) is 5.75. The maximum absolute atomic E-state index is 12.9. The van der Waals surface area contributed by atoms with Gasteiger partial charge in [-0.1, -0.05) is 65.7 Å². The normalized spacial score (nSPS) is 11.5. The number of rotatable bonds is 8. The van der Waals surface area contributed by atoms with Gasteiger partial charge in [-0.3, -0.25) is 9.52 Å². The van der Waals surface area contributed by atoms with Crippen molar-refractivity contribution >= 4 is 78.4 Å². The molecule has 2 N–H and O–H groups in total. The van der Waals surface area contributed by atoms with Crippen LogP contribution in [-0.4, -0.2) is 26.5 Å². The standard InChI is InChI=1S/C29H19Cl2N3O5S2/c30-19-13-15-20(16-14-19)41(37,38)34-23-10-4-2-8-21(23)28(35)33-32-17-18-7-1-5-11-24(18)39-29(36)27-26(31)22-9-3-6-12-25(22)40-27/h1-17,34H,(H,33,35)/b32-17-. The zero-order valence-electron chi connectivity index (χ0n) is 20.9. The van der Waals surface area contributed by atoms with Crippen molar-refractivity contribution in [3.05, 3.63) is 123 Å². The zero-order chi connectivity index (χ0) is 29.0. The molecular formula is C29H19Cl2N3O5S2. The molecule has 5 aromatic rings. The maximum Gasteiger partial charge on any atom is 0.355 e. The van der Waals surface area contributed by atoms with E-state index in [-0.39, 0.29) is 26.8 Å². The summed E-state index contributed by atoms with van der Waals surface area (Å²) in [6.07, 6.45) is 1.31. The molecule has 1 heterocycles. The molecule has 0 saturated carbocycles. The monoisotopic (exact) mass is 623 g/mol. The van der Waals surface area contributed by atoms with Crippen LogP contribution < -0.4 is 14.9 Å². The average molecular weight is 625 g/mol. The number of thiophene rings is 1. The van der Waals surface area contributed by atoms with E-state index in [1.807, 2.05) is 24.3 Å². The van der Waals surface area contributed by atoms with Crippen molar-refractivity contribution in [1.82, 2.24) is 5.43 Å². The van der Waals surface area contributed by atoms with Crippen molar-refractivity contribution in [2.75, 3.05) is 4.72 Å². The van der Waals surface area contributed by atoms with Gasteiger partial charge in [0.2, 0.25) is 0 Å². The number of anilines is 1. The van der Waals surface area contributed by atoms with Crippen LogP contribution in [0, 0.1) is 0 Å². The van der Waals surface area contributed by atoms with Gasteiger partial charge in [-0.2, -0.15) is 5.10 Å². The number of nitrogens with one attached hydrogen (secondary N) is 2. The predicted octanol–water partition coefficient (Wildman–Crippen LogP) is 6.99. The van der Waals surface area contributed by atoms with E-state index in [2.05, 4.69) is 15.2 Å². The van der Waals surface area contributed by atoms with Crippen LogP contribution in [0.3, 0.4) is 0 Å². The van der Waals surface area contributed by atoms with Crippen LogP contribution in [0.4, 0.5) is 5.69 Å². The highest BCUT2D eigenvalue weighted by molar-refractivity contribution is 7.92. The minimum absolute atomic E-state index is 0.0155. The SMILES string of the molecule is O=C(N/N=C\c1ccccc1OC(=O)c1sc2ccccc2c1Cl)c1ccccc1NS(=O)(=O)c1ccc(Cl)cc1. The van der Waals surface area contributed by atoms with Crippen LogP contribution in [0.15, 0.2) is 107 Å². The van der Waals surface area contributed by atoms with Crippen molar-refractivity contribution < 1.29 is 22.7 Å². The third kappa shape index (κ3) is 6.41. The molecule has 1 amide bonds. The fourth-order valence-corrected chi connectivity index (χ4v) is 6.37. The summed E-state index contributed by atoms with van der Waals surface area (Å²) in [5, 5.41) is 5.46. The summed E-state index contributed by atoms with van der Waals surface area (Å²) in [6, 6.07) is 25.7. The lowest BCUT2D eigenvalue weighted by molar-refractivity contribution is 0.0739. The Kier molecular flexibility index (Phi) is 8.36. The molecule has 0 spiro atoms. The topological polar surface area (TPSA) is 114 Å². The highest BCUT2D eigenvalue weighted by Gasteiger charge is 2.21. The molecule has 41 heavy (non-hydrogen) atoms. The molecule has 0 aliphatic rings. The van der Waals surface area contributed by atoms with Crippen molar-refractivity contribution in [1.29, 1.82) is 0 Å². The first kappa shape index (κ1) is 28.3. The number of carbonyl (C=O) groups excluding carboxylic acids is 2. The van der Waals surface area contributed by atoms with E-state index in [4.69, 9.17) is 27.9 Å². The minimum atomic E-state index is -3.99. The van der Waals surface area contributed by atoms with Gasteiger partial charge < -0.3 is 4.74 Å². The number of halogens is 2. The second kappa shape index (κ2) is 12.1. The summed E-state index contributed by atoms with van der Waals surface area (Å²) in [4.78, 5) is 26.1. The van der Waals surface area contributed by atoms with Crippen molar-refractivity contribution in [2.24, 2.45) is 5.10 Å². The number of esters is 1. The minimum Gasteiger partial charge on any atom is -0.422 e. The smallest absolute Gasteiger partial charge is 0.355 e. The number of hydrogen-bond donors (Lipinski definition) is 2. The molecule has 4 aromatic carbocycles. The fraction of sp³-hybridized carbons (Fsp3) is 0. The van der Waals surface area contributed by atoms with E-state index in [1.165, 1.54) is 53.9 Å². The molecule has 8 nitrogen and oxygen atoms in total. The molecule has 12 heteroatoms. The number of para-hydroxylation sites is 2. The van der Waals surface area contributed by atoms with E-state index < -0.39 is 21.9 Å². The number of amides is 1. The molecule has 0 fully saturated rings. The van der Waals surface area contributed by atoms with Gasteiger partial charge in [0.15, 0.2) is 0 Å². The van der Waals surface area contributed by atoms with E-state index in [1.54, 1.807) is 36.4 Å². The summed E-state index contributed by atoms with van der Waals surface area (Å²) in [5.74, 6) is -1.08. The van der Waals surface area contributed by atoms with Gasteiger partial charge in [0.05, 0.1) is 27.4 Å². The largest absolute Gasteiger partial charge is 0.422 e. The summed E-state index contributed by atoms with van der Waals surface area (Å²) in [7, 11) is -3.99. The summed E-state index contributed by atoms with van der Waals surface area (Å²) in [5.41, 5.74) is 2.89. The lowest BCUT2D eigenvalue weighted by atomic mass is 10.2. The zero-order valence-corrected chi connectivity index (χ0v) is 24.0. The predicted molar refractivity (Wildman–Crippen MR) is 162 cm³/mol. The number of ether oxygens (including phenoxy) is 1. The number of sulfonamides is 1. The Morgan fingerprint density at radius 1 is 0.854 bits per heavy atom. The van der Waals surface area contributed by atoms with E-state index >= 15 is 0 Å². The molecule has 0 aliphatic heterocycles. The van der Waals surface area contributed by atoms with Gasteiger partial charge in [-0.15, -0.1) is 11.3 Å². The van der Waals surface area contributed by atoms with Crippen LogP contribution >= 0.6 is 34.5 Å². The molecule has 0 radical (unpaired) electrons. The molecule has 206 valence electrons. The van der Waals surface area contributed by atoms with Gasteiger partial charge >= 0.3 is 5.97 Å². The molecule has 5 rings (SSSR count). The molecule has 0 aliphatic carbocycles. The van der Waals surface area contributed by atoms with Gasteiger partial charge in [0.1, 0.15) is 10.6 Å². The van der Waals surface area contributed by atoms with E-state index in [0.717, 1.165) is 10.1 Å². The quantitative estimate of drug-likeness (QED) is 0.0836. The number of hydrogen-bond acceptors (Lipinski definition) is 7. The van der Waals surface area contributed by atoms with Crippen LogP contribution in [0.5, 0.6) is 5.75 Å². The first-order chi connectivity index (χ1) is 19.7. The number of fused-ring (bicyclic) bond motifs is 1. The maximum atomic E-state index is 12.9. The highest BCUT2D eigenvalue weighted by atomic mass is 35.5. The Bertz CT molecular complexity index is 1910. The second-order valence-electron chi connectivity index (χ2n) is 8.47. The van der Waals surface area contributed by atoms with Crippen LogP contribution in [0.25, 0.3) is 10.1 Å². The van der Waals surface area contributed by atoms with Crippen molar-refractivity contribution in [3.8, 4) is 5.75 Å². The molecule has 0 bridgehead atoms. The Balaban J connectivity index is 1.30. The fourth-order valence-electron chi connectivity index (χ4n) is 3.78.